The van der Waals surface area contributed by atoms with Gasteiger partial charge in [0, 0.05) is 37.9 Å². The topological polar surface area (TPSA) is 27.3 Å². The van der Waals surface area contributed by atoms with E-state index in [1.165, 1.54) is 16.8 Å². The second kappa shape index (κ2) is 5.86. The Bertz CT molecular complexity index is 652. The molecule has 0 aliphatic carbocycles. The molecule has 0 radical (unpaired) electrons. The second-order valence-electron chi connectivity index (χ2n) is 5.54. The molecule has 3 nitrogen and oxygen atoms in total. The molecule has 1 aliphatic heterocycles. The predicted molar refractivity (Wildman–Crippen MR) is 91.7 cm³/mol. The van der Waals surface area contributed by atoms with Crippen molar-refractivity contribution in [2.24, 2.45) is 0 Å². The monoisotopic (exact) mass is 301 g/mol. The van der Waals surface area contributed by atoms with Crippen molar-refractivity contribution in [1.29, 1.82) is 0 Å². The van der Waals surface area contributed by atoms with Gasteiger partial charge in [0.1, 0.15) is 0 Å². The Kier molecular flexibility index (Phi) is 3.93. The molecule has 1 aliphatic rings. The van der Waals surface area contributed by atoms with E-state index in [9.17, 15) is 0 Å². The summed E-state index contributed by atoms with van der Waals surface area (Å²) in [6.07, 6.45) is 1.11. The van der Waals surface area contributed by atoms with Crippen LogP contribution in [0.4, 0.5) is 17.1 Å². The fourth-order valence-corrected chi connectivity index (χ4v) is 2.96. The Morgan fingerprint density at radius 2 is 2.10 bits per heavy atom. The van der Waals surface area contributed by atoms with Crippen molar-refractivity contribution in [3.63, 3.8) is 0 Å². The zero-order chi connectivity index (χ0) is 14.8. The highest BCUT2D eigenvalue weighted by atomic mass is 35.5. The number of halogens is 1. The first-order chi connectivity index (χ1) is 10.1. The third-order valence-electron chi connectivity index (χ3n) is 3.84. The lowest BCUT2D eigenvalue weighted by Crippen LogP contribution is -2.12. The lowest BCUT2D eigenvalue weighted by atomic mass is 10.1. The van der Waals surface area contributed by atoms with Gasteiger partial charge in [-0.05, 0) is 35.7 Å². The van der Waals surface area contributed by atoms with Gasteiger partial charge in [0.2, 0.25) is 0 Å². The minimum absolute atomic E-state index is 0.750. The fourth-order valence-electron chi connectivity index (χ4n) is 2.79. The predicted octanol–water partition coefficient (Wildman–Crippen LogP) is 3.99. The molecule has 1 heterocycles. The maximum atomic E-state index is 6.13. The molecule has 0 saturated carbocycles. The maximum absolute atomic E-state index is 6.13. The average molecular weight is 302 g/mol. The molecule has 0 unspecified atom stereocenters. The van der Waals surface area contributed by atoms with Crippen molar-refractivity contribution < 1.29 is 0 Å². The summed E-state index contributed by atoms with van der Waals surface area (Å²) in [5.74, 6) is 0. The molecule has 110 valence electrons. The third kappa shape index (κ3) is 2.93. The van der Waals surface area contributed by atoms with Crippen LogP contribution in [0, 0.1) is 0 Å². The minimum atomic E-state index is 0.750. The Hall–Kier alpha value is -1.87. The molecule has 2 aromatic carbocycles. The first-order valence-electron chi connectivity index (χ1n) is 7.20. The minimum Gasteiger partial charge on any atom is -0.384 e. The van der Waals surface area contributed by atoms with Gasteiger partial charge in [0.25, 0.3) is 0 Å². The van der Waals surface area contributed by atoms with Crippen molar-refractivity contribution in [3.8, 4) is 0 Å². The molecule has 2 N–H and O–H groups in total. The van der Waals surface area contributed by atoms with Crippen LogP contribution in [0.15, 0.2) is 36.4 Å². The quantitative estimate of drug-likeness (QED) is 0.894. The van der Waals surface area contributed by atoms with Gasteiger partial charge in [0.15, 0.2) is 0 Å². The van der Waals surface area contributed by atoms with Gasteiger partial charge in [-0.3, -0.25) is 0 Å². The van der Waals surface area contributed by atoms with Gasteiger partial charge < -0.3 is 15.5 Å². The number of nitrogens with one attached hydrogen (secondary N) is 2. The summed E-state index contributed by atoms with van der Waals surface area (Å²) >= 11 is 6.13. The Morgan fingerprint density at radius 3 is 2.90 bits per heavy atom. The molecule has 0 amide bonds. The van der Waals surface area contributed by atoms with Gasteiger partial charge in [-0.2, -0.15) is 0 Å². The number of hydrogen-bond donors (Lipinski definition) is 2. The number of para-hydroxylation sites is 1. The molecule has 0 fully saturated rings. The third-order valence-corrected chi connectivity index (χ3v) is 4.08. The van der Waals surface area contributed by atoms with E-state index in [1.54, 1.807) is 0 Å². The van der Waals surface area contributed by atoms with Crippen LogP contribution < -0.4 is 15.5 Å². The second-order valence-corrected chi connectivity index (χ2v) is 5.97. The molecule has 0 aromatic heterocycles. The van der Waals surface area contributed by atoms with Crippen LogP contribution >= 0.6 is 11.6 Å². The van der Waals surface area contributed by atoms with Gasteiger partial charge in [-0.25, -0.2) is 0 Å². The van der Waals surface area contributed by atoms with Crippen molar-refractivity contribution in [2.75, 3.05) is 36.2 Å². The molecular weight excluding hydrogens is 282 g/mol. The molecule has 2 aromatic rings. The van der Waals surface area contributed by atoms with Gasteiger partial charge in [-0.1, -0.05) is 29.8 Å². The largest absolute Gasteiger partial charge is 0.384 e. The van der Waals surface area contributed by atoms with E-state index in [2.05, 4.69) is 33.7 Å². The smallest absolute Gasteiger partial charge is 0.0597 e. The highest BCUT2D eigenvalue weighted by Crippen LogP contribution is 2.30. The molecule has 0 atom stereocenters. The van der Waals surface area contributed by atoms with Crippen LogP contribution in [0.25, 0.3) is 0 Å². The summed E-state index contributed by atoms with van der Waals surface area (Å²) in [5, 5.41) is 7.74. The Morgan fingerprint density at radius 1 is 1.24 bits per heavy atom. The van der Waals surface area contributed by atoms with Crippen molar-refractivity contribution in [1.82, 2.24) is 0 Å². The van der Waals surface area contributed by atoms with Gasteiger partial charge >= 0.3 is 0 Å². The molecule has 4 heteroatoms. The van der Waals surface area contributed by atoms with Gasteiger partial charge in [-0.15, -0.1) is 0 Å². The van der Waals surface area contributed by atoms with Crippen LogP contribution in [0.2, 0.25) is 5.02 Å². The fraction of sp³-hybridized carbons (Fsp3) is 0.294. The number of fused-ring (bicyclic) bond motifs is 1. The van der Waals surface area contributed by atoms with E-state index in [0.717, 1.165) is 35.9 Å². The highest BCUT2D eigenvalue weighted by molar-refractivity contribution is 6.31. The average Bonchev–Trinajstić information content (AvgIpc) is 2.93. The number of nitrogens with zero attached hydrogens (tertiary/aromatic N) is 1. The summed E-state index contributed by atoms with van der Waals surface area (Å²) in [6.45, 7) is 1.82. The Balaban J connectivity index is 1.83. The summed E-state index contributed by atoms with van der Waals surface area (Å²) in [7, 11) is 4.08. The molecule has 21 heavy (non-hydrogen) atoms. The number of rotatable bonds is 4. The summed E-state index contributed by atoms with van der Waals surface area (Å²) in [5.41, 5.74) is 6.20. The van der Waals surface area contributed by atoms with Crippen LogP contribution in [-0.2, 0) is 13.0 Å². The standard InChI is InChI=1S/C17H20ClN3/c1-21(2)16-7-6-14(18)10-15(16)20-11-13-5-3-4-12-8-9-19-17(12)13/h3-7,10,19-20H,8-9,11H2,1-2H3. The first kappa shape index (κ1) is 14.1. The molecule has 3 rings (SSSR count). The summed E-state index contributed by atoms with van der Waals surface area (Å²) < 4.78 is 0. The van der Waals surface area contributed by atoms with E-state index in [1.807, 2.05) is 32.3 Å². The zero-order valence-corrected chi connectivity index (χ0v) is 13.2. The Labute approximate surface area is 130 Å². The van der Waals surface area contributed by atoms with E-state index in [4.69, 9.17) is 11.6 Å². The van der Waals surface area contributed by atoms with E-state index < -0.39 is 0 Å². The number of hydrogen-bond acceptors (Lipinski definition) is 3. The molecule has 0 bridgehead atoms. The van der Waals surface area contributed by atoms with Crippen LogP contribution in [-0.4, -0.2) is 20.6 Å². The van der Waals surface area contributed by atoms with Crippen molar-refractivity contribution in [2.45, 2.75) is 13.0 Å². The van der Waals surface area contributed by atoms with E-state index >= 15 is 0 Å². The molecule has 0 saturated heterocycles. The first-order valence-corrected chi connectivity index (χ1v) is 7.58. The highest BCUT2D eigenvalue weighted by Gasteiger charge is 2.14. The molecular formula is C17H20ClN3. The number of benzene rings is 2. The lowest BCUT2D eigenvalue weighted by Gasteiger charge is -2.19. The summed E-state index contributed by atoms with van der Waals surface area (Å²) in [4.78, 5) is 2.09. The van der Waals surface area contributed by atoms with Crippen LogP contribution in [0.1, 0.15) is 11.1 Å². The number of anilines is 3. The van der Waals surface area contributed by atoms with Crippen molar-refractivity contribution >= 4 is 28.7 Å². The molecule has 0 spiro atoms. The SMILES string of the molecule is CN(C)c1ccc(Cl)cc1NCc1cccc2c1NCC2. The van der Waals surface area contributed by atoms with Crippen LogP contribution in [0.3, 0.4) is 0 Å². The zero-order valence-electron chi connectivity index (χ0n) is 12.4. The van der Waals surface area contributed by atoms with E-state index in [0.29, 0.717) is 0 Å². The maximum Gasteiger partial charge on any atom is 0.0597 e. The van der Waals surface area contributed by atoms with Crippen LogP contribution in [0.5, 0.6) is 0 Å². The lowest BCUT2D eigenvalue weighted by molar-refractivity contribution is 1.10. The van der Waals surface area contributed by atoms with E-state index in [-0.39, 0.29) is 0 Å². The van der Waals surface area contributed by atoms with Crippen molar-refractivity contribution in [3.05, 3.63) is 52.5 Å². The van der Waals surface area contributed by atoms with Gasteiger partial charge in [0.05, 0.1) is 11.4 Å². The normalized spacial score (nSPS) is 12.7. The summed E-state index contributed by atoms with van der Waals surface area (Å²) in [6, 6.07) is 12.4.